The summed E-state index contributed by atoms with van der Waals surface area (Å²) in [5, 5.41) is 22.6. The zero-order chi connectivity index (χ0) is 27.5. The lowest BCUT2D eigenvalue weighted by atomic mass is 10.2. The first-order chi connectivity index (χ1) is 18.1. The monoisotopic (exact) mass is 534 g/mol. The normalized spacial score (nSPS) is 20.6. The van der Waals surface area contributed by atoms with Gasteiger partial charge in [-0.25, -0.2) is 0 Å². The van der Waals surface area contributed by atoms with Crippen LogP contribution in [0, 0.1) is 6.92 Å². The molecule has 3 aromatic rings. The third kappa shape index (κ3) is 5.40. The average molecular weight is 535 g/mol. The molecule has 8 heteroatoms. The Morgan fingerprint density at radius 2 is 1.71 bits per heavy atom. The van der Waals surface area contributed by atoms with Crippen molar-refractivity contribution < 1.29 is 19.4 Å². The van der Waals surface area contributed by atoms with Crippen LogP contribution in [0.15, 0.2) is 77.4 Å². The highest BCUT2D eigenvalue weighted by Crippen LogP contribution is 2.41. The summed E-state index contributed by atoms with van der Waals surface area (Å²) in [6, 6.07) is 20.7. The summed E-state index contributed by atoms with van der Waals surface area (Å²) < 4.78 is 15.4. The van der Waals surface area contributed by atoms with Gasteiger partial charge in [0.1, 0.15) is 18.2 Å². The van der Waals surface area contributed by atoms with Crippen molar-refractivity contribution in [3.8, 4) is 0 Å². The minimum absolute atomic E-state index is 0.117. The van der Waals surface area contributed by atoms with Gasteiger partial charge in [0.2, 0.25) is 0 Å². The van der Waals surface area contributed by atoms with Gasteiger partial charge >= 0.3 is 0 Å². The molecule has 0 bridgehead atoms. The third-order valence-electron chi connectivity index (χ3n) is 7.22. The van der Waals surface area contributed by atoms with Gasteiger partial charge in [-0.2, -0.15) is 4.98 Å². The fourth-order valence-electron chi connectivity index (χ4n) is 5.25. The molecule has 4 rings (SSSR count). The number of aliphatic hydroxyl groups is 2. The molecule has 2 aromatic carbocycles. The molecule has 3 atom stereocenters. The Hall–Kier alpha value is -3.04. The number of aryl methyl sites for hydroxylation is 1. The van der Waals surface area contributed by atoms with Gasteiger partial charge in [0.15, 0.2) is 0 Å². The molecule has 1 fully saturated rings. The van der Waals surface area contributed by atoms with Crippen LogP contribution in [0.25, 0.3) is 6.08 Å². The minimum Gasteiger partial charge on any atom is -0.512 e. The number of benzene rings is 2. The zero-order valence-electron chi connectivity index (χ0n) is 22.8. The number of hydrogen-bond donors (Lipinski definition) is 2. The van der Waals surface area contributed by atoms with Crippen molar-refractivity contribution >= 4 is 24.8 Å². The molecule has 1 aliphatic rings. The van der Waals surface area contributed by atoms with E-state index in [1.807, 2.05) is 43.3 Å². The molecule has 0 spiro atoms. The van der Waals surface area contributed by atoms with Crippen molar-refractivity contribution in [2.45, 2.75) is 70.9 Å². The van der Waals surface area contributed by atoms with Crippen molar-refractivity contribution in [3.63, 3.8) is 0 Å². The van der Waals surface area contributed by atoms with Crippen LogP contribution in [-0.2, 0) is 9.16 Å². The second kappa shape index (κ2) is 11.4. The highest BCUT2D eigenvalue weighted by Gasteiger charge is 2.53. The van der Waals surface area contributed by atoms with Crippen molar-refractivity contribution in [3.05, 3.63) is 94.4 Å². The number of rotatable bonds is 8. The summed E-state index contributed by atoms with van der Waals surface area (Å²) in [7, 11) is -2.89. The number of allylic oxidation sites excluding steroid dienone is 1. The first-order valence-corrected chi connectivity index (χ1v) is 15.1. The van der Waals surface area contributed by atoms with E-state index in [0.717, 1.165) is 10.4 Å². The van der Waals surface area contributed by atoms with Crippen LogP contribution in [0.4, 0.5) is 0 Å². The molecule has 7 nitrogen and oxygen atoms in total. The zero-order valence-corrected chi connectivity index (χ0v) is 23.8. The van der Waals surface area contributed by atoms with Gasteiger partial charge in [-0.1, -0.05) is 88.4 Å². The highest BCUT2D eigenvalue weighted by atomic mass is 28.4. The summed E-state index contributed by atoms with van der Waals surface area (Å²) in [6.45, 7) is 9.96. The predicted octanol–water partition coefficient (Wildman–Crippen LogP) is 4.09. The first-order valence-electron chi connectivity index (χ1n) is 13.1. The summed E-state index contributed by atoms with van der Waals surface area (Å²) in [5.41, 5.74) is 0.117. The second-order valence-corrected chi connectivity index (χ2v) is 15.1. The highest BCUT2D eigenvalue weighted by molar-refractivity contribution is 6.99. The molecule has 1 aliphatic heterocycles. The molecule has 38 heavy (non-hydrogen) atoms. The molecule has 2 heterocycles. The Morgan fingerprint density at radius 3 is 2.21 bits per heavy atom. The minimum atomic E-state index is -2.89. The molecule has 202 valence electrons. The first kappa shape index (κ1) is 28.0. The molecular weight excluding hydrogens is 496 g/mol. The van der Waals surface area contributed by atoms with Gasteiger partial charge in [0.25, 0.3) is 13.9 Å². The third-order valence-corrected chi connectivity index (χ3v) is 12.3. The summed E-state index contributed by atoms with van der Waals surface area (Å²) in [4.78, 5) is 16.5. The van der Waals surface area contributed by atoms with E-state index >= 15 is 0 Å². The lowest BCUT2D eigenvalue weighted by Crippen LogP contribution is -2.68. The lowest BCUT2D eigenvalue weighted by molar-refractivity contribution is -0.0425. The van der Waals surface area contributed by atoms with E-state index < -0.39 is 26.8 Å². The molecule has 0 amide bonds. The average Bonchev–Trinajstić information content (AvgIpc) is 3.31. The molecule has 0 aliphatic carbocycles. The van der Waals surface area contributed by atoms with E-state index in [0.29, 0.717) is 24.2 Å². The van der Waals surface area contributed by atoms with Gasteiger partial charge in [0.05, 0.1) is 18.5 Å². The maximum atomic E-state index is 12.3. The second-order valence-electron chi connectivity index (χ2n) is 10.9. The van der Waals surface area contributed by atoms with Crippen LogP contribution in [0.3, 0.4) is 0 Å². The number of hydrogen-bond acceptors (Lipinski definition) is 6. The van der Waals surface area contributed by atoms with E-state index in [1.165, 1.54) is 6.08 Å². The van der Waals surface area contributed by atoms with Crippen molar-refractivity contribution in [1.29, 1.82) is 0 Å². The Morgan fingerprint density at radius 1 is 1.13 bits per heavy atom. The molecule has 0 unspecified atom stereocenters. The molecule has 0 saturated carbocycles. The lowest BCUT2D eigenvalue weighted by Gasteiger charge is -2.45. The smallest absolute Gasteiger partial charge is 0.276 e. The summed E-state index contributed by atoms with van der Waals surface area (Å²) in [6.07, 6.45) is 2.55. The Bertz CT molecular complexity index is 1280. The standard InChI is InChI=1S/C30H38N2O5Si/c1-6-22(34)17-27-31-29(35)21(2)19-32(27)28-18-25(26(20-33)36-28)37-38(30(3,4)5,23-13-9-7-10-14-23)24-15-11-8-12-16-24/h7-17,19,25-26,28,33-34H,6,18,20H2,1-5H3/b22-17+/t25-,26+,28+/m0/s1. The van der Waals surface area contributed by atoms with Crippen LogP contribution < -0.4 is 15.9 Å². The van der Waals surface area contributed by atoms with E-state index in [9.17, 15) is 15.0 Å². The van der Waals surface area contributed by atoms with Crippen molar-refractivity contribution in [1.82, 2.24) is 9.55 Å². The topological polar surface area (TPSA) is 93.8 Å². The predicted molar refractivity (Wildman–Crippen MR) is 152 cm³/mol. The van der Waals surface area contributed by atoms with Gasteiger partial charge < -0.3 is 23.9 Å². The number of ether oxygens (including phenoxy) is 1. The SMILES string of the molecule is CC/C(O)=C\c1nc(=O)c(C)cn1[C@H]1C[C@H](O[Si](c2ccccc2)(c2ccccc2)C(C)(C)C)[C@@H](CO)O1. The largest absolute Gasteiger partial charge is 0.512 e. The quantitative estimate of drug-likeness (QED) is 0.334. The van der Waals surface area contributed by atoms with Crippen molar-refractivity contribution in [2.75, 3.05) is 6.61 Å². The number of aliphatic hydroxyl groups excluding tert-OH is 2. The van der Waals surface area contributed by atoms with Gasteiger partial charge in [-0.05, 0) is 22.3 Å². The van der Waals surface area contributed by atoms with Gasteiger partial charge in [-0.15, -0.1) is 0 Å². The van der Waals surface area contributed by atoms with Gasteiger partial charge in [0, 0.05) is 30.7 Å². The van der Waals surface area contributed by atoms with Crippen LogP contribution in [0.5, 0.6) is 0 Å². The van der Waals surface area contributed by atoms with Gasteiger partial charge in [-0.3, -0.25) is 4.79 Å². The molecular formula is C30H38N2O5Si. The Balaban J connectivity index is 1.80. The van der Waals surface area contributed by atoms with E-state index in [2.05, 4.69) is 50.0 Å². The van der Waals surface area contributed by atoms with Crippen LogP contribution >= 0.6 is 0 Å². The summed E-state index contributed by atoms with van der Waals surface area (Å²) >= 11 is 0. The van der Waals surface area contributed by atoms with Crippen LogP contribution in [-0.4, -0.2) is 46.9 Å². The maximum Gasteiger partial charge on any atom is 0.276 e. The van der Waals surface area contributed by atoms with Crippen LogP contribution in [0.1, 0.15) is 58.2 Å². The van der Waals surface area contributed by atoms with E-state index in [-0.39, 0.29) is 23.0 Å². The summed E-state index contributed by atoms with van der Waals surface area (Å²) in [5.74, 6) is 0.430. The Kier molecular flexibility index (Phi) is 8.37. The molecule has 1 saturated heterocycles. The van der Waals surface area contributed by atoms with Crippen LogP contribution in [0.2, 0.25) is 5.04 Å². The van der Waals surface area contributed by atoms with Crippen molar-refractivity contribution in [2.24, 2.45) is 0 Å². The maximum absolute atomic E-state index is 12.3. The number of nitrogens with zero attached hydrogens (tertiary/aromatic N) is 2. The number of aromatic nitrogens is 2. The van der Waals surface area contributed by atoms with E-state index in [1.54, 1.807) is 17.7 Å². The van der Waals surface area contributed by atoms with E-state index in [4.69, 9.17) is 9.16 Å². The Labute approximate surface area is 225 Å². The fraction of sp³-hybridized carbons (Fsp3) is 0.400. The fourth-order valence-corrected chi connectivity index (χ4v) is 9.96. The molecule has 2 N–H and O–H groups in total. The molecule has 1 aromatic heterocycles. The molecule has 0 radical (unpaired) electrons.